The highest BCUT2D eigenvalue weighted by molar-refractivity contribution is 5.86. The summed E-state index contributed by atoms with van der Waals surface area (Å²) < 4.78 is 7.08. The molecule has 0 aromatic heterocycles. The van der Waals surface area contributed by atoms with Gasteiger partial charge in [0.2, 0.25) is 0 Å². The molecule has 0 aliphatic carbocycles. The minimum absolute atomic E-state index is 1.37. The summed E-state index contributed by atoms with van der Waals surface area (Å²) in [6, 6.07) is 0. The van der Waals surface area contributed by atoms with E-state index in [-0.39, 0.29) is 0 Å². The van der Waals surface area contributed by atoms with Gasteiger partial charge in [-0.15, -0.1) is 0 Å². The van der Waals surface area contributed by atoms with Crippen molar-refractivity contribution >= 4 is 18.3 Å². The Morgan fingerprint density at radius 3 is 1.40 bits per heavy atom. The molecule has 0 radical (unpaired) electrons. The number of nitrogens with two attached hydrogens (primary N) is 2. The lowest BCUT2D eigenvalue weighted by atomic mass is 11.1. The van der Waals surface area contributed by atoms with E-state index in [0.717, 1.165) is 0 Å². The molecular formula is C3H4N2O5. The molecule has 0 rings (SSSR count). The van der Waals surface area contributed by atoms with Crippen LogP contribution in [0, 0.1) is 0 Å². The minimum Gasteiger partial charge on any atom is -0.343 e. The highest BCUT2D eigenvalue weighted by atomic mass is 16.8. The number of primary amides is 2. The maximum atomic E-state index is 10.0. The van der Waals surface area contributed by atoms with Crippen LogP contribution in [0.3, 0.4) is 0 Å². The van der Waals surface area contributed by atoms with Crippen molar-refractivity contribution in [3.8, 4) is 0 Å². The van der Waals surface area contributed by atoms with Gasteiger partial charge in [0.25, 0.3) is 0 Å². The highest BCUT2D eigenvalue weighted by Gasteiger charge is 2.10. The fourth-order valence-corrected chi connectivity index (χ4v) is 0.185. The largest absolute Gasteiger partial charge is 0.526 e. The van der Waals surface area contributed by atoms with Crippen molar-refractivity contribution in [3.63, 3.8) is 0 Å². The number of carbonyl (C=O) groups excluding carboxylic acids is 3. The van der Waals surface area contributed by atoms with Crippen molar-refractivity contribution in [2.75, 3.05) is 0 Å². The van der Waals surface area contributed by atoms with E-state index in [1.807, 2.05) is 0 Å². The first-order chi connectivity index (χ1) is 4.52. The first-order valence-electron chi connectivity index (χ1n) is 2.01. The van der Waals surface area contributed by atoms with Gasteiger partial charge in [-0.25, -0.2) is 14.4 Å². The monoisotopic (exact) mass is 148 g/mol. The van der Waals surface area contributed by atoms with Crippen LogP contribution in [0.4, 0.5) is 14.4 Å². The second-order valence-corrected chi connectivity index (χ2v) is 1.09. The molecule has 10 heavy (non-hydrogen) atoms. The normalized spacial score (nSPS) is 8.00. The summed E-state index contributed by atoms with van der Waals surface area (Å²) in [6.07, 6.45) is -4.28. The number of amides is 2. The van der Waals surface area contributed by atoms with Gasteiger partial charge in [-0.05, 0) is 0 Å². The molecule has 0 aliphatic rings. The summed E-state index contributed by atoms with van der Waals surface area (Å²) in [6.45, 7) is 0. The summed E-state index contributed by atoms with van der Waals surface area (Å²) >= 11 is 0. The van der Waals surface area contributed by atoms with Crippen molar-refractivity contribution in [2.45, 2.75) is 0 Å². The van der Waals surface area contributed by atoms with Gasteiger partial charge in [-0.1, -0.05) is 0 Å². The predicted octanol–water partition coefficient (Wildman–Crippen LogP) is -0.703. The van der Waals surface area contributed by atoms with Crippen molar-refractivity contribution in [2.24, 2.45) is 11.5 Å². The van der Waals surface area contributed by atoms with E-state index in [1.165, 1.54) is 0 Å². The van der Waals surface area contributed by atoms with Crippen LogP contribution in [0.5, 0.6) is 0 Å². The van der Waals surface area contributed by atoms with E-state index in [4.69, 9.17) is 0 Å². The Balaban J connectivity index is 3.65. The van der Waals surface area contributed by atoms with Gasteiger partial charge in [0.15, 0.2) is 0 Å². The number of rotatable bonds is 0. The van der Waals surface area contributed by atoms with E-state index in [1.54, 1.807) is 0 Å². The molecule has 0 aliphatic heterocycles. The number of carbonyl (C=O) groups is 3. The molecule has 0 aromatic carbocycles. The van der Waals surface area contributed by atoms with Gasteiger partial charge in [-0.2, -0.15) is 0 Å². The maximum absolute atomic E-state index is 10.0. The van der Waals surface area contributed by atoms with Crippen LogP contribution in [0.15, 0.2) is 0 Å². The van der Waals surface area contributed by atoms with E-state index in [0.29, 0.717) is 0 Å². The lowest BCUT2D eigenvalue weighted by Gasteiger charge is -1.95. The van der Waals surface area contributed by atoms with Crippen LogP contribution < -0.4 is 11.5 Å². The van der Waals surface area contributed by atoms with Crippen LogP contribution in [0.2, 0.25) is 0 Å². The molecule has 0 atom stereocenters. The minimum atomic E-state index is -1.54. The Morgan fingerprint density at radius 1 is 0.900 bits per heavy atom. The Bertz CT molecular complexity index is 158. The number of ether oxygens (including phenoxy) is 2. The summed E-state index contributed by atoms with van der Waals surface area (Å²) in [5.74, 6) is 0. The molecule has 56 valence electrons. The molecule has 0 fully saturated rings. The van der Waals surface area contributed by atoms with Crippen molar-refractivity contribution in [3.05, 3.63) is 0 Å². The third-order valence-corrected chi connectivity index (χ3v) is 0.368. The standard InChI is InChI=1S/C3H4N2O5/c4-1(6)9-3(8)10-2(5)7/h(H2,4,6)(H2,5,7). The van der Waals surface area contributed by atoms with E-state index >= 15 is 0 Å². The Kier molecular flexibility index (Phi) is 2.69. The molecule has 7 nitrogen and oxygen atoms in total. The van der Waals surface area contributed by atoms with Gasteiger partial charge in [0, 0.05) is 0 Å². The average molecular weight is 148 g/mol. The fraction of sp³-hybridized carbons (Fsp3) is 0. The molecule has 0 spiro atoms. The smallest absolute Gasteiger partial charge is 0.343 e. The number of hydrogen-bond acceptors (Lipinski definition) is 5. The summed E-state index contributed by atoms with van der Waals surface area (Å²) in [7, 11) is 0. The highest BCUT2D eigenvalue weighted by Crippen LogP contribution is 1.83. The van der Waals surface area contributed by atoms with E-state index in [9.17, 15) is 14.4 Å². The summed E-state index contributed by atoms with van der Waals surface area (Å²) in [5, 5.41) is 0. The first kappa shape index (κ1) is 8.21. The van der Waals surface area contributed by atoms with Gasteiger partial charge in [0.05, 0.1) is 0 Å². The molecule has 2 amide bonds. The topological polar surface area (TPSA) is 122 Å². The summed E-state index contributed by atoms with van der Waals surface area (Å²) in [5.41, 5.74) is 8.71. The molecule has 7 heteroatoms. The van der Waals surface area contributed by atoms with Gasteiger partial charge in [-0.3, -0.25) is 0 Å². The Labute approximate surface area is 54.9 Å². The number of hydrogen-bond donors (Lipinski definition) is 2. The second-order valence-electron chi connectivity index (χ2n) is 1.09. The van der Waals surface area contributed by atoms with Crippen LogP contribution in [-0.4, -0.2) is 18.3 Å². The zero-order valence-electron chi connectivity index (χ0n) is 4.70. The molecule has 0 bridgehead atoms. The zero-order valence-corrected chi connectivity index (χ0v) is 4.70. The van der Waals surface area contributed by atoms with Gasteiger partial charge in [0.1, 0.15) is 0 Å². The third-order valence-electron chi connectivity index (χ3n) is 0.368. The zero-order chi connectivity index (χ0) is 8.15. The lowest BCUT2D eigenvalue weighted by molar-refractivity contribution is 0.0990. The molecule has 0 aromatic rings. The van der Waals surface area contributed by atoms with Gasteiger partial charge >= 0.3 is 18.3 Å². The van der Waals surface area contributed by atoms with Crippen LogP contribution >= 0.6 is 0 Å². The Hall–Kier alpha value is -1.79. The quantitative estimate of drug-likeness (QED) is 0.347. The van der Waals surface area contributed by atoms with Crippen molar-refractivity contribution in [1.29, 1.82) is 0 Å². The maximum Gasteiger partial charge on any atom is 0.526 e. The molecule has 4 N–H and O–H groups in total. The SMILES string of the molecule is NC(=O)OC(=O)OC(N)=O. The molecule has 0 unspecified atom stereocenters. The summed E-state index contributed by atoms with van der Waals surface area (Å²) in [4.78, 5) is 29.5. The molecular weight excluding hydrogens is 144 g/mol. The Morgan fingerprint density at radius 2 is 1.20 bits per heavy atom. The molecule has 0 saturated carbocycles. The van der Waals surface area contributed by atoms with Crippen LogP contribution in [0.1, 0.15) is 0 Å². The van der Waals surface area contributed by atoms with Crippen molar-refractivity contribution in [1.82, 2.24) is 0 Å². The van der Waals surface area contributed by atoms with Crippen molar-refractivity contribution < 1.29 is 23.9 Å². The van der Waals surface area contributed by atoms with E-state index < -0.39 is 18.3 Å². The van der Waals surface area contributed by atoms with Gasteiger partial charge < -0.3 is 20.9 Å². The second kappa shape index (κ2) is 3.28. The first-order valence-corrected chi connectivity index (χ1v) is 2.01. The lowest BCUT2D eigenvalue weighted by Crippen LogP contribution is -2.24. The average Bonchev–Trinajstić information content (AvgIpc) is 1.58. The van der Waals surface area contributed by atoms with Crippen LogP contribution in [-0.2, 0) is 9.47 Å². The third kappa shape index (κ3) is 4.37. The fourth-order valence-electron chi connectivity index (χ4n) is 0.185. The molecule has 0 saturated heterocycles. The van der Waals surface area contributed by atoms with Crippen LogP contribution in [0.25, 0.3) is 0 Å². The van der Waals surface area contributed by atoms with E-state index in [2.05, 4.69) is 20.9 Å². The predicted molar refractivity (Wildman–Crippen MR) is 26.7 cm³/mol. The molecule has 0 heterocycles.